The summed E-state index contributed by atoms with van der Waals surface area (Å²) < 4.78 is 27.6. The fourth-order valence-electron chi connectivity index (χ4n) is 3.18. The van der Waals surface area contributed by atoms with Gasteiger partial charge in [0.05, 0.1) is 4.90 Å². The van der Waals surface area contributed by atoms with Crippen LogP contribution >= 0.6 is 15.9 Å². The van der Waals surface area contributed by atoms with Crippen molar-refractivity contribution in [3.05, 3.63) is 28.7 Å². The standard InChI is InChI=1S/C16H22BrN3O3S/c17-14-5-4-6-15(13-14)24(22,23)20-11-9-19(10-12-20)16(21)18-7-2-1-3-8-18/h4-6,13H,1-3,7-12H2. The molecule has 0 spiro atoms. The molecule has 2 aliphatic heterocycles. The molecule has 1 aromatic carbocycles. The summed E-state index contributed by atoms with van der Waals surface area (Å²) in [4.78, 5) is 16.5. The van der Waals surface area contributed by atoms with Crippen molar-refractivity contribution in [3.8, 4) is 0 Å². The Morgan fingerprint density at radius 2 is 1.54 bits per heavy atom. The fraction of sp³-hybridized carbons (Fsp3) is 0.562. The molecule has 0 saturated carbocycles. The maximum Gasteiger partial charge on any atom is 0.320 e. The Labute approximate surface area is 151 Å². The van der Waals surface area contributed by atoms with E-state index in [4.69, 9.17) is 0 Å². The molecule has 2 heterocycles. The molecule has 6 nitrogen and oxygen atoms in total. The molecule has 2 fully saturated rings. The molecular weight excluding hydrogens is 394 g/mol. The lowest BCUT2D eigenvalue weighted by Gasteiger charge is -2.38. The number of carbonyl (C=O) groups excluding carboxylic acids is 1. The summed E-state index contributed by atoms with van der Waals surface area (Å²) in [5, 5.41) is 0. The molecule has 3 rings (SSSR count). The second-order valence-corrected chi connectivity index (χ2v) is 9.03. The summed E-state index contributed by atoms with van der Waals surface area (Å²) in [6, 6.07) is 6.78. The molecule has 0 N–H and O–H groups in total. The van der Waals surface area contributed by atoms with Gasteiger partial charge in [-0.2, -0.15) is 4.31 Å². The predicted molar refractivity (Wildman–Crippen MR) is 95.3 cm³/mol. The Morgan fingerprint density at radius 1 is 0.917 bits per heavy atom. The van der Waals surface area contributed by atoms with E-state index in [1.54, 1.807) is 29.2 Å². The number of benzene rings is 1. The molecule has 2 saturated heterocycles. The van der Waals surface area contributed by atoms with Crippen LogP contribution in [0, 0.1) is 0 Å². The van der Waals surface area contributed by atoms with Crippen molar-refractivity contribution < 1.29 is 13.2 Å². The van der Waals surface area contributed by atoms with E-state index < -0.39 is 10.0 Å². The molecule has 0 bridgehead atoms. The number of sulfonamides is 1. The van der Waals surface area contributed by atoms with Crippen LogP contribution in [-0.2, 0) is 10.0 Å². The van der Waals surface area contributed by atoms with Crippen LogP contribution in [0.4, 0.5) is 4.79 Å². The first kappa shape index (κ1) is 17.7. The van der Waals surface area contributed by atoms with Gasteiger partial charge in [0.25, 0.3) is 0 Å². The lowest BCUT2D eigenvalue weighted by Crippen LogP contribution is -2.54. The van der Waals surface area contributed by atoms with Gasteiger partial charge in [0.15, 0.2) is 0 Å². The summed E-state index contributed by atoms with van der Waals surface area (Å²) >= 11 is 3.31. The molecule has 0 aromatic heterocycles. The monoisotopic (exact) mass is 415 g/mol. The van der Waals surface area contributed by atoms with Crippen molar-refractivity contribution in [1.29, 1.82) is 0 Å². The van der Waals surface area contributed by atoms with Gasteiger partial charge in [0, 0.05) is 43.7 Å². The zero-order valence-corrected chi connectivity index (χ0v) is 15.9. The van der Waals surface area contributed by atoms with Crippen LogP contribution in [0.2, 0.25) is 0 Å². The molecule has 2 amide bonds. The number of likely N-dealkylation sites (tertiary alicyclic amines) is 1. The van der Waals surface area contributed by atoms with E-state index in [-0.39, 0.29) is 10.9 Å². The van der Waals surface area contributed by atoms with Gasteiger partial charge in [-0.3, -0.25) is 0 Å². The molecule has 24 heavy (non-hydrogen) atoms. The van der Waals surface area contributed by atoms with Gasteiger partial charge >= 0.3 is 6.03 Å². The average molecular weight is 416 g/mol. The normalized spacial score (nSPS) is 20.2. The zero-order chi connectivity index (χ0) is 17.2. The van der Waals surface area contributed by atoms with Crippen molar-refractivity contribution in [1.82, 2.24) is 14.1 Å². The third-order valence-corrected chi connectivity index (χ3v) is 6.96. The molecule has 0 atom stereocenters. The van der Waals surface area contributed by atoms with Crippen LogP contribution in [0.25, 0.3) is 0 Å². The quantitative estimate of drug-likeness (QED) is 0.744. The number of carbonyl (C=O) groups is 1. The first-order valence-electron chi connectivity index (χ1n) is 8.28. The summed E-state index contributed by atoms with van der Waals surface area (Å²) in [6.45, 7) is 3.21. The van der Waals surface area contributed by atoms with Crippen molar-refractivity contribution in [3.63, 3.8) is 0 Å². The smallest absolute Gasteiger partial charge is 0.320 e. The van der Waals surface area contributed by atoms with E-state index in [2.05, 4.69) is 15.9 Å². The number of hydrogen-bond donors (Lipinski definition) is 0. The number of urea groups is 1. The van der Waals surface area contributed by atoms with Crippen molar-refractivity contribution >= 4 is 32.0 Å². The zero-order valence-electron chi connectivity index (χ0n) is 13.5. The predicted octanol–water partition coefficient (Wildman–Crippen LogP) is 2.36. The van der Waals surface area contributed by atoms with Crippen molar-refractivity contribution in [2.45, 2.75) is 24.2 Å². The number of amides is 2. The highest BCUT2D eigenvalue weighted by atomic mass is 79.9. The largest absolute Gasteiger partial charge is 0.325 e. The van der Waals surface area contributed by atoms with Crippen LogP contribution in [0.15, 0.2) is 33.6 Å². The molecule has 0 unspecified atom stereocenters. The number of piperazine rings is 1. The lowest BCUT2D eigenvalue weighted by molar-refractivity contribution is 0.126. The minimum Gasteiger partial charge on any atom is -0.325 e. The number of piperidine rings is 1. The molecule has 0 radical (unpaired) electrons. The number of hydrogen-bond acceptors (Lipinski definition) is 3. The van der Waals surface area contributed by atoms with Gasteiger partial charge in [0.1, 0.15) is 0 Å². The number of halogens is 1. The Morgan fingerprint density at radius 3 is 2.17 bits per heavy atom. The van der Waals surface area contributed by atoms with Gasteiger partial charge in [-0.25, -0.2) is 13.2 Å². The Kier molecular flexibility index (Phi) is 5.46. The minimum absolute atomic E-state index is 0.0502. The maximum absolute atomic E-state index is 12.7. The van der Waals surface area contributed by atoms with E-state index in [1.165, 1.54) is 10.7 Å². The molecule has 1 aromatic rings. The van der Waals surface area contributed by atoms with E-state index in [0.717, 1.165) is 30.4 Å². The first-order chi connectivity index (χ1) is 11.5. The van der Waals surface area contributed by atoms with Gasteiger partial charge in [0.2, 0.25) is 10.0 Å². The van der Waals surface area contributed by atoms with Crippen LogP contribution < -0.4 is 0 Å². The van der Waals surface area contributed by atoms with E-state index >= 15 is 0 Å². The van der Waals surface area contributed by atoms with Gasteiger partial charge in [-0.05, 0) is 37.5 Å². The second kappa shape index (κ2) is 7.41. The summed E-state index contributed by atoms with van der Waals surface area (Å²) in [7, 11) is -3.51. The Hall–Kier alpha value is -1.12. The first-order valence-corrected chi connectivity index (χ1v) is 10.5. The maximum atomic E-state index is 12.7. The van der Waals surface area contributed by atoms with Crippen LogP contribution in [0.1, 0.15) is 19.3 Å². The highest BCUT2D eigenvalue weighted by Gasteiger charge is 2.31. The topological polar surface area (TPSA) is 60.9 Å². The SMILES string of the molecule is O=C(N1CCCCC1)N1CCN(S(=O)(=O)c2cccc(Br)c2)CC1. The molecule has 2 aliphatic rings. The summed E-state index contributed by atoms with van der Waals surface area (Å²) in [5.41, 5.74) is 0. The highest BCUT2D eigenvalue weighted by Crippen LogP contribution is 2.21. The van der Waals surface area contributed by atoms with Crippen LogP contribution in [-0.4, -0.2) is 67.8 Å². The van der Waals surface area contributed by atoms with Gasteiger partial charge in [-0.15, -0.1) is 0 Å². The molecule has 132 valence electrons. The van der Waals surface area contributed by atoms with E-state index in [1.807, 2.05) is 4.90 Å². The van der Waals surface area contributed by atoms with Crippen LogP contribution in [0.3, 0.4) is 0 Å². The molecule has 8 heteroatoms. The van der Waals surface area contributed by atoms with E-state index in [0.29, 0.717) is 26.2 Å². The highest BCUT2D eigenvalue weighted by molar-refractivity contribution is 9.10. The van der Waals surface area contributed by atoms with Crippen molar-refractivity contribution in [2.75, 3.05) is 39.3 Å². The number of nitrogens with zero attached hydrogens (tertiary/aromatic N) is 3. The third kappa shape index (κ3) is 3.75. The lowest BCUT2D eigenvalue weighted by atomic mass is 10.1. The number of rotatable bonds is 2. The fourth-order valence-corrected chi connectivity index (χ4v) is 5.20. The van der Waals surface area contributed by atoms with E-state index in [9.17, 15) is 13.2 Å². The average Bonchev–Trinajstić information content (AvgIpc) is 2.62. The Balaban J connectivity index is 1.63. The van der Waals surface area contributed by atoms with Gasteiger partial charge < -0.3 is 9.80 Å². The molecular formula is C16H22BrN3O3S. The Bertz CT molecular complexity index is 696. The minimum atomic E-state index is -3.51. The summed E-state index contributed by atoms with van der Waals surface area (Å²) in [6.07, 6.45) is 3.30. The van der Waals surface area contributed by atoms with Crippen molar-refractivity contribution in [2.24, 2.45) is 0 Å². The third-order valence-electron chi connectivity index (χ3n) is 4.57. The summed E-state index contributed by atoms with van der Waals surface area (Å²) in [5.74, 6) is 0. The van der Waals surface area contributed by atoms with Gasteiger partial charge in [-0.1, -0.05) is 22.0 Å². The second-order valence-electron chi connectivity index (χ2n) is 6.18. The molecule has 0 aliphatic carbocycles. The van der Waals surface area contributed by atoms with Crippen LogP contribution in [0.5, 0.6) is 0 Å².